The zero-order valence-electron chi connectivity index (χ0n) is 23.1. The molecule has 2 aliphatic heterocycles. The van der Waals surface area contributed by atoms with Crippen molar-refractivity contribution >= 4 is 11.8 Å². The second-order valence-corrected chi connectivity index (χ2v) is 10.5. The van der Waals surface area contributed by atoms with Gasteiger partial charge in [0.1, 0.15) is 0 Å². The van der Waals surface area contributed by atoms with E-state index in [2.05, 4.69) is 10.6 Å². The molecule has 2 amide bonds. The average molecular weight is 557 g/mol. The van der Waals surface area contributed by atoms with Crippen LogP contribution in [0.2, 0.25) is 0 Å². The summed E-state index contributed by atoms with van der Waals surface area (Å²) in [7, 11) is 0. The van der Waals surface area contributed by atoms with E-state index in [0.29, 0.717) is 32.5 Å². The molecule has 4 atom stereocenters. The van der Waals surface area contributed by atoms with Crippen molar-refractivity contribution in [2.45, 2.75) is 121 Å². The third kappa shape index (κ3) is 13.4. The summed E-state index contributed by atoms with van der Waals surface area (Å²) in [5.41, 5.74) is 0. The standard InChI is InChI=1S/C29H46F2N2O6/c30-22(13-5-1-3-9-17-36-26-15-7-11-19-38-26)28(34)32-24-21-25(24)33-29(35)23(31)14-6-2-4-10-18-37-27-16-8-12-20-39-27/h13-14,24-27H,1-12,15-21H2,(H,32,34)(H,33,35)/b22-13+,23-14+/t24-,25+,26?,27?. The number of hydrogen-bond donors (Lipinski definition) is 2. The minimum Gasteiger partial charge on any atom is -0.353 e. The number of ether oxygens (including phenoxy) is 4. The van der Waals surface area contributed by atoms with Gasteiger partial charge in [0, 0.05) is 26.4 Å². The van der Waals surface area contributed by atoms with Crippen LogP contribution in [0.3, 0.4) is 0 Å². The maximum atomic E-state index is 14.1. The molecular weight excluding hydrogens is 510 g/mol. The van der Waals surface area contributed by atoms with Gasteiger partial charge in [0.05, 0.1) is 12.1 Å². The smallest absolute Gasteiger partial charge is 0.279 e. The second-order valence-electron chi connectivity index (χ2n) is 10.5. The number of rotatable bonds is 18. The minimum atomic E-state index is -0.832. The fourth-order valence-corrected chi connectivity index (χ4v) is 4.59. The molecule has 0 aromatic rings. The fourth-order valence-electron chi connectivity index (χ4n) is 4.59. The topological polar surface area (TPSA) is 95.1 Å². The quantitative estimate of drug-likeness (QED) is 0.176. The lowest BCUT2D eigenvalue weighted by atomic mass is 10.2. The summed E-state index contributed by atoms with van der Waals surface area (Å²) in [5, 5.41) is 5.09. The number of hydrogen-bond acceptors (Lipinski definition) is 6. The van der Waals surface area contributed by atoms with Crippen LogP contribution in [0.1, 0.15) is 96.3 Å². The van der Waals surface area contributed by atoms with Crippen molar-refractivity contribution in [3.05, 3.63) is 23.8 Å². The molecule has 0 radical (unpaired) electrons. The minimum absolute atomic E-state index is 0.0917. The Morgan fingerprint density at radius 3 is 1.56 bits per heavy atom. The van der Waals surface area contributed by atoms with Crippen molar-refractivity contribution in [2.24, 2.45) is 0 Å². The molecule has 39 heavy (non-hydrogen) atoms. The van der Waals surface area contributed by atoms with E-state index >= 15 is 0 Å². The molecule has 1 aliphatic carbocycles. The number of amides is 2. The predicted molar refractivity (Wildman–Crippen MR) is 143 cm³/mol. The summed E-state index contributed by atoms with van der Waals surface area (Å²) < 4.78 is 50.6. The Hall–Kier alpha value is -1.88. The van der Waals surface area contributed by atoms with Crippen molar-refractivity contribution in [2.75, 3.05) is 26.4 Å². The van der Waals surface area contributed by atoms with Crippen LogP contribution < -0.4 is 10.6 Å². The lowest BCUT2D eigenvalue weighted by molar-refractivity contribution is -0.163. The van der Waals surface area contributed by atoms with Crippen LogP contribution in [-0.4, -0.2) is 62.9 Å². The van der Waals surface area contributed by atoms with E-state index in [1.54, 1.807) is 0 Å². The first kappa shape index (κ1) is 31.6. The van der Waals surface area contributed by atoms with Gasteiger partial charge in [-0.2, -0.15) is 0 Å². The Morgan fingerprint density at radius 2 is 1.15 bits per heavy atom. The first-order valence-corrected chi connectivity index (χ1v) is 14.8. The highest BCUT2D eigenvalue weighted by Crippen LogP contribution is 2.23. The fraction of sp³-hybridized carbons (Fsp3) is 0.793. The van der Waals surface area contributed by atoms with Gasteiger partial charge < -0.3 is 29.6 Å². The Morgan fingerprint density at radius 1 is 0.692 bits per heavy atom. The molecule has 2 heterocycles. The zero-order chi connectivity index (χ0) is 27.7. The first-order valence-electron chi connectivity index (χ1n) is 14.8. The van der Waals surface area contributed by atoms with Crippen molar-refractivity contribution in [3.8, 4) is 0 Å². The van der Waals surface area contributed by atoms with E-state index in [-0.39, 0.29) is 24.7 Å². The van der Waals surface area contributed by atoms with Crippen LogP contribution in [0, 0.1) is 0 Å². The summed E-state index contributed by atoms with van der Waals surface area (Å²) >= 11 is 0. The molecule has 3 fully saturated rings. The lowest BCUT2D eigenvalue weighted by Gasteiger charge is -2.22. The van der Waals surface area contributed by atoms with Gasteiger partial charge in [0.15, 0.2) is 24.2 Å². The lowest BCUT2D eigenvalue weighted by Crippen LogP contribution is -2.35. The molecule has 3 rings (SSSR count). The SMILES string of the molecule is O=C(N[C@H]1C[C@H]1NC(=O)/C(F)=C\CCCCCOC1CCCCO1)/C(F)=C\CCCCCOC1CCCCO1. The Kier molecular flexibility index (Phi) is 15.0. The maximum absolute atomic E-state index is 14.1. The Bertz CT molecular complexity index is 733. The van der Waals surface area contributed by atoms with Crippen LogP contribution in [-0.2, 0) is 28.5 Å². The maximum Gasteiger partial charge on any atom is 0.279 e. The van der Waals surface area contributed by atoms with Crippen molar-refractivity contribution in [3.63, 3.8) is 0 Å². The average Bonchev–Trinajstić information content (AvgIpc) is 3.69. The van der Waals surface area contributed by atoms with Crippen LogP contribution in [0.4, 0.5) is 8.78 Å². The normalized spacial score (nSPS) is 25.8. The molecule has 0 bridgehead atoms. The largest absolute Gasteiger partial charge is 0.353 e. The summed E-state index contributed by atoms with van der Waals surface area (Å²) in [6, 6.07) is -0.776. The van der Waals surface area contributed by atoms with Crippen molar-refractivity contribution in [1.29, 1.82) is 0 Å². The van der Waals surface area contributed by atoms with Crippen LogP contribution in [0.5, 0.6) is 0 Å². The second kappa shape index (κ2) is 18.5. The monoisotopic (exact) mass is 556 g/mol. The van der Waals surface area contributed by atoms with Gasteiger partial charge in [-0.15, -0.1) is 0 Å². The predicted octanol–water partition coefficient (Wildman–Crippen LogP) is 5.27. The van der Waals surface area contributed by atoms with Gasteiger partial charge in [-0.25, -0.2) is 8.78 Å². The highest BCUT2D eigenvalue weighted by atomic mass is 19.1. The highest BCUT2D eigenvalue weighted by Gasteiger charge is 2.40. The molecule has 0 spiro atoms. The third-order valence-electron chi connectivity index (χ3n) is 7.08. The van der Waals surface area contributed by atoms with Crippen LogP contribution in [0.25, 0.3) is 0 Å². The molecule has 0 aromatic heterocycles. The van der Waals surface area contributed by atoms with Crippen LogP contribution in [0.15, 0.2) is 23.8 Å². The highest BCUT2D eigenvalue weighted by molar-refractivity contribution is 5.93. The molecule has 2 N–H and O–H groups in total. The van der Waals surface area contributed by atoms with Gasteiger partial charge in [-0.3, -0.25) is 9.59 Å². The molecule has 8 nitrogen and oxygen atoms in total. The summed E-state index contributed by atoms with van der Waals surface area (Å²) in [6.45, 7) is 2.75. The molecule has 10 heteroatoms. The molecular formula is C29H46F2N2O6. The molecule has 0 aromatic carbocycles. The van der Waals surface area contributed by atoms with Crippen molar-refractivity contribution in [1.82, 2.24) is 10.6 Å². The third-order valence-corrected chi connectivity index (χ3v) is 7.08. The van der Waals surface area contributed by atoms with E-state index in [1.807, 2.05) is 0 Å². The Labute approximate surface area is 231 Å². The summed E-state index contributed by atoms with van der Waals surface area (Å²) in [6.07, 6.45) is 15.1. The van der Waals surface area contributed by atoms with E-state index < -0.39 is 23.5 Å². The summed E-state index contributed by atoms with van der Waals surface area (Å²) in [4.78, 5) is 24.1. The number of unbranched alkanes of at least 4 members (excludes halogenated alkanes) is 6. The van der Waals surface area contributed by atoms with E-state index in [1.165, 1.54) is 12.2 Å². The molecule has 3 aliphatic rings. The Balaban J connectivity index is 1.17. The molecule has 2 unspecified atom stereocenters. The molecule has 222 valence electrons. The molecule has 1 saturated carbocycles. The number of carbonyl (C=O) groups excluding carboxylic acids is 2. The number of nitrogens with one attached hydrogen (secondary N) is 2. The number of allylic oxidation sites excluding steroid dienone is 2. The number of carbonyl (C=O) groups is 2. The van der Waals surface area contributed by atoms with Gasteiger partial charge in [-0.1, -0.05) is 12.8 Å². The van der Waals surface area contributed by atoms with E-state index in [4.69, 9.17) is 18.9 Å². The summed E-state index contributed by atoms with van der Waals surface area (Å²) in [5.74, 6) is -3.27. The van der Waals surface area contributed by atoms with Gasteiger partial charge in [0.2, 0.25) is 0 Å². The van der Waals surface area contributed by atoms with Crippen LogP contribution >= 0.6 is 0 Å². The van der Waals surface area contributed by atoms with Crippen molar-refractivity contribution < 1.29 is 37.3 Å². The van der Waals surface area contributed by atoms with Gasteiger partial charge in [0.25, 0.3) is 11.8 Å². The van der Waals surface area contributed by atoms with E-state index in [9.17, 15) is 18.4 Å². The van der Waals surface area contributed by atoms with Gasteiger partial charge >= 0.3 is 0 Å². The zero-order valence-corrected chi connectivity index (χ0v) is 23.1. The first-order chi connectivity index (χ1) is 19.0. The number of halogens is 2. The van der Waals surface area contributed by atoms with E-state index in [0.717, 1.165) is 90.3 Å². The van der Waals surface area contributed by atoms with Gasteiger partial charge in [-0.05, 0) is 95.6 Å². The molecule has 2 saturated heterocycles.